The smallest absolute Gasteiger partial charge is 0.318 e. The molecule has 1 aliphatic carbocycles. The van der Waals surface area contributed by atoms with Crippen LogP contribution >= 0.6 is 0 Å². The molecular weight excluding hydrogens is 448 g/mol. The molecule has 0 unspecified atom stereocenters. The van der Waals surface area contributed by atoms with Crippen molar-refractivity contribution in [1.29, 1.82) is 5.26 Å². The van der Waals surface area contributed by atoms with Crippen LogP contribution in [0.25, 0.3) is 0 Å². The van der Waals surface area contributed by atoms with Crippen molar-refractivity contribution in [1.82, 2.24) is 25.8 Å². The molecule has 1 saturated carbocycles. The number of piperidine rings is 1. The van der Waals surface area contributed by atoms with E-state index in [2.05, 4.69) is 16.0 Å². The van der Waals surface area contributed by atoms with Crippen LogP contribution in [0.15, 0.2) is 24.3 Å². The van der Waals surface area contributed by atoms with Gasteiger partial charge in [0, 0.05) is 31.2 Å². The average Bonchev–Trinajstić information content (AvgIpc) is 2.89. The number of rotatable bonds is 4. The zero-order valence-corrected chi connectivity index (χ0v) is 19.8. The van der Waals surface area contributed by atoms with Crippen LogP contribution in [0.2, 0.25) is 0 Å². The molecule has 2 heterocycles. The molecule has 186 valence electrons. The highest BCUT2D eigenvalue weighted by molar-refractivity contribution is 5.96. The predicted octanol–water partition coefficient (Wildman–Crippen LogP) is 1.12. The van der Waals surface area contributed by atoms with Crippen LogP contribution in [0.4, 0.5) is 4.79 Å². The van der Waals surface area contributed by atoms with E-state index in [4.69, 9.17) is 5.26 Å². The van der Waals surface area contributed by atoms with E-state index in [1.54, 1.807) is 29.2 Å². The van der Waals surface area contributed by atoms with Crippen LogP contribution < -0.4 is 16.0 Å². The van der Waals surface area contributed by atoms with Gasteiger partial charge in [0.2, 0.25) is 11.8 Å². The zero-order chi connectivity index (χ0) is 24.8. The van der Waals surface area contributed by atoms with Crippen molar-refractivity contribution >= 4 is 23.8 Å². The number of amides is 5. The molecule has 1 aromatic rings. The standard InChI is InChI=1S/C25H32N6O4/c26-15-17-8-10-18(11-9-17)24(34)30-13-14-31(25(35)28-19-5-2-1-3-6-19)21(16-30)23(33)29-20-7-4-12-27-22(20)32/h8-11,19-21H,1-7,12-14,16H2,(H,27,32)(H,28,35)(H,29,33)/t20-,21+/m0/s1. The fourth-order valence-corrected chi connectivity index (χ4v) is 4.99. The Bertz CT molecular complexity index is 998. The lowest BCUT2D eigenvalue weighted by Gasteiger charge is -2.41. The SMILES string of the molecule is N#Cc1ccc(C(=O)N2CCN(C(=O)NC3CCCCC3)[C@@H](C(=O)N[C@H]3CCCNC3=O)C2)cc1. The molecule has 3 N–H and O–H groups in total. The first-order valence-corrected chi connectivity index (χ1v) is 12.4. The summed E-state index contributed by atoms with van der Waals surface area (Å²) in [6.07, 6.45) is 6.43. The molecule has 35 heavy (non-hydrogen) atoms. The number of benzene rings is 1. The van der Waals surface area contributed by atoms with Gasteiger partial charge in [0.1, 0.15) is 12.1 Å². The molecule has 0 aromatic heterocycles. The van der Waals surface area contributed by atoms with Gasteiger partial charge in [0.05, 0.1) is 18.2 Å². The largest absolute Gasteiger partial charge is 0.354 e. The lowest BCUT2D eigenvalue weighted by atomic mass is 9.95. The lowest BCUT2D eigenvalue weighted by Crippen LogP contribution is -2.65. The predicted molar refractivity (Wildman–Crippen MR) is 127 cm³/mol. The second-order valence-electron chi connectivity index (χ2n) is 9.43. The Labute approximate surface area is 205 Å². The highest BCUT2D eigenvalue weighted by Crippen LogP contribution is 2.20. The van der Waals surface area contributed by atoms with Crippen molar-refractivity contribution in [2.75, 3.05) is 26.2 Å². The van der Waals surface area contributed by atoms with Crippen LogP contribution in [0.5, 0.6) is 0 Å². The van der Waals surface area contributed by atoms with E-state index in [1.807, 2.05) is 6.07 Å². The molecule has 1 aromatic carbocycles. The first kappa shape index (κ1) is 24.5. The molecule has 2 saturated heterocycles. The third-order valence-corrected chi connectivity index (χ3v) is 7.03. The first-order chi connectivity index (χ1) is 17.0. The van der Waals surface area contributed by atoms with E-state index < -0.39 is 18.0 Å². The quantitative estimate of drug-likeness (QED) is 0.594. The number of carbonyl (C=O) groups excluding carboxylic acids is 4. The van der Waals surface area contributed by atoms with Gasteiger partial charge >= 0.3 is 6.03 Å². The van der Waals surface area contributed by atoms with E-state index in [9.17, 15) is 19.2 Å². The summed E-state index contributed by atoms with van der Waals surface area (Å²) < 4.78 is 0. The fourth-order valence-electron chi connectivity index (χ4n) is 4.99. The Kier molecular flexibility index (Phi) is 7.85. The van der Waals surface area contributed by atoms with E-state index in [-0.39, 0.29) is 43.5 Å². The molecule has 3 fully saturated rings. The second kappa shape index (κ2) is 11.2. The second-order valence-corrected chi connectivity index (χ2v) is 9.43. The Morgan fingerprint density at radius 2 is 1.71 bits per heavy atom. The molecule has 5 amide bonds. The minimum atomic E-state index is -0.913. The molecule has 0 spiro atoms. The van der Waals surface area contributed by atoms with Crippen molar-refractivity contribution in [3.63, 3.8) is 0 Å². The van der Waals surface area contributed by atoms with Crippen molar-refractivity contribution in [3.8, 4) is 6.07 Å². The maximum absolute atomic E-state index is 13.3. The van der Waals surface area contributed by atoms with Crippen LogP contribution in [0.3, 0.4) is 0 Å². The monoisotopic (exact) mass is 480 g/mol. The number of urea groups is 1. The van der Waals surface area contributed by atoms with E-state index in [0.717, 1.165) is 38.5 Å². The minimum Gasteiger partial charge on any atom is -0.354 e. The number of nitrogens with zero attached hydrogens (tertiary/aromatic N) is 3. The highest BCUT2D eigenvalue weighted by Gasteiger charge is 2.39. The summed E-state index contributed by atoms with van der Waals surface area (Å²) in [6.45, 7) is 1.09. The number of piperazine rings is 1. The summed E-state index contributed by atoms with van der Waals surface area (Å²) >= 11 is 0. The van der Waals surface area contributed by atoms with Crippen molar-refractivity contribution in [3.05, 3.63) is 35.4 Å². The van der Waals surface area contributed by atoms with Crippen LogP contribution in [0.1, 0.15) is 60.9 Å². The Balaban J connectivity index is 1.49. The number of nitrogens with one attached hydrogen (secondary N) is 3. The van der Waals surface area contributed by atoms with Gasteiger partial charge in [-0.25, -0.2) is 4.79 Å². The third-order valence-electron chi connectivity index (χ3n) is 7.03. The Hall–Kier alpha value is -3.61. The Morgan fingerprint density at radius 3 is 2.40 bits per heavy atom. The maximum Gasteiger partial charge on any atom is 0.318 e. The summed E-state index contributed by atoms with van der Waals surface area (Å²) in [4.78, 5) is 54.9. The topological polar surface area (TPSA) is 135 Å². The number of carbonyl (C=O) groups is 4. The number of hydrogen-bond donors (Lipinski definition) is 3. The average molecular weight is 481 g/mol. The molecule has 3 aliphatic rings. The van der Waals surface area contributed by atoms with Crippen LogP contribution in [0, 0.1) is 11.3 Å². The van der Waals surface area contributed by atoms with Crippen molar-refractivity contribution in [2.45, 2.75) is 63.1 Å². The summed E-state index contributed by atoms with van der Waals surface area (Å²) in [5.41, 5.74) is 0.865. The van der Waals surface area contributed by atoms with Gasteiger partial charge in [-0.2, -0.15) is 5.26 Å². The third kappa shape index (κ3) is 5.91. The van der Waals surface area contributed by atoms with Gasteiger partial charge in [-0.15, -0.1) is 0 Å². The summed E-state index contributed by atoms with van der Waals surface area (Å²) in [5.74, 6) is -0.942. The maximum atomic E-state index is 13.3. The lowest BCUT2D eigenvalue weighted by molar-refractivity contribution is -0.133. The molecule has 4 rings (SSSR count). The molecule has 0 bridgehead atoms. The van der Waals surface area contributed by atoms with E-state index >= 15 is 0 Å². The van der Waals surface area contributed by atoms with Gasteiger partial charge in [0.25, 0.3) is 5.91 Å². The van der Waals surface area contributed by atoms with E-state index in [0.29, 0.717) is 24.1 Å². The normalized spacial score (nSPS) is 23.1. The number of nitriles is 1. The molecule has 0 radical (unpaired) electrons. The molecule has 2 atom stereocenters. The van der Waals surface area contributed by atoms with E-state index in [1.165, 1.54) is 4.90 Å². The minimum absolute atomic E-state index is 0.0249. The summed E-state index contributed by atoms with van der Waals surface area (Å²) in [6, 6.07) is 6.57. The fraction of sp³-hybridized carbons (Fsp3) is 0.560. The first-order valence-electron chi connectivity index (χ1n) is 12.4. The summed E-state index contributed by atoms with van der Waals surface area (Å²) in [5, 5.41) is 17.6. The van der Waals surface area contributed by atoms with Crippen molar-refractivity contribution < 1.29 is 19.2 Å². The van der Waals surface area contributed by atoms with Crippen LogP contribution in [-0.2, 0) is 9.59 Å². The van der Waals surface area contributed by atoms with Gasteiger partial charge < -0.3 is 25.8 Å². The van der Waals surface area contributed by atoms with Gasteiger partial charge in [-0.05, 0) is 49.9 Å². The van der Waals surface area contributed by atoms with Gasteiger partial charge in [0.15, 0.2) is 0 Å². The molecule has 10 nitrogen and oxygen atoms in total. The molecule has 2 aliphatic heterocycles. The highest BCUT2D eigenvalue weighted by atomic mass is 16.2. The van der Waals surface area contributed by atoms with Crippen LogP contribution in [-0.4, -0.2) is 77.9 Å². The Morgan fingerprint density at radius 1 is 0.971 bits per heavy atom. The van der Waals surface area contributed by atoms with Gasteiger partial charge in [-0.3, -0.25) is 14.4 Å². The number of hydrogen-bond acceptors (Lipinski definition) is 5. The van der Waals surface area contributed by atoms with Gasteiger partial charge in [-0.1, -0.05) is 19.3 Å². The molecule has 10 heteroatoms. The molecular formula is C25H32N6O4. The van der Waals surface area contributed by atoms with Crippen molar-refractivity contribution in [2.24, 2.45) is 0 Å². The summed E-state index contributed by atoms with van der Waals surface area (Å²) in [7, 11) is 0. The zero-order valence-electron chi connectivity index (χ0n) is 19.8.